The van der Waals surface area contributed by atoms with E-state index in [1.54, 1.807) is 31.4 Å². The predicted molar refractivity (Wildman–Crippen MR) is 98.2 cm³/mol. The van der Waals surface area contributed by atoms with Crippen LogP contribution in [0.25, 0.3) is 10.9 Å². The third kappa shape index (κ3) is 3.15. The summed E-state index contributed by atoms with van der Waals surface area (Å²) in [6.07, 6.45) is 0. The zero-order valence-corrected chi connectivity index (χ0v) is 14.8. The highest BCUT2D eigenvalue weighted by atomic mass is 16.5. The molecule has 0 aliphatic rings. The molecule has 7 nitrogen and oxygen atoms in total. The number of nitrogens with zero attached hydrogens (tertiary/aromatic N) is 3. The van der Waals surface area contributed by atoms with E-state index >= 15 is 0 Å². The molecular weight excluding hydrogens is 332 g/mol. The fourth-order valence-corrected chi connectivity index (χ4v) is 3.02. The van der Waals surface area contributed by atoms with E-state index in [4.69, 9.17) is 10.5 Å². The summed E-state index contributed by atoms with van der Waals surface area (Å²) in [5.41, 5.74) is 7.53. The number of primary amides is 1. The van der Waals surface area contributed by atoms with Gasteiger partial charge in [0.25, 0.3) is 5.56 Å². The molecular formula is C19H20N4O3. The molecule has 0 fully saturated rings. The van der Waals surface area contributed by atoms with Crippen molar-refractivity contribution in [3.8, 4) is 5.75 Å². The average Bonchev–Trinajstić information content (AvgIpc) is 2.63. The lowest BCUT2D eigenvalue weighted by atomic mass is 9.92. The largest absolute Gasteiger partial charge is 0.497 e. The number of amides is 1. The second kappa shape index (κ2) is 6.95. The Bertz CT molecular complexity index is 1010. The van der Waals surface area contributed by atoms with E-state index in [-0.39, 0.29) is 11.5 Å². The second-order valence-electron chi connectivity index (χ2n) is 6.27. The van der Waals surface area contributed by atoms with Gasteiger partial charge in [-0.05, 0) is 42.3 Å². The molecule has 0 aliphatic heterocycles. The second-order valence-corrected chi connectivity index (χ2v) is 6.27. The van der Waals surface area contributed by atoms with Gasteiger partial charge in [-0.1, -0.05) is 30.3 Å². The first-order valence-corrected chi connectivity index (χ1v) is 8.21. The minimum Gasteiger partial charge on any atom is -0.497 e. The Morgan fingerprint density at radius 3 is 2.50 bits per heavy atom. The number of nitrogens with two attached hydrogens (primary N) is 1. The molecule has 26 heavy (non-hydrogen) atoms. The molecule has 2 aromatic carbocycles. The number of carbonyl (C=O) groups is 1. The van der Waals surface area contributed by atoms with Crippen molar-refractivity contribution in [1.82, 2.24) is 15.0 Å². The molecule has 3 aromatic rings. The van der Waals surface area contributed by atoms with Gasteiger partial charge in [-0.25, -0.2) is 0 Å². The third-order valence-corrected chi connectivity index (χ3v) is 4.51. The number of benzene rings is 2. The van der Waals surface area contributed by atoms with E-state index in [1.165, 1.54) is 0 Å². The number of hydrogen-bond donors (Lipinski definition) is 1. The predicted octanol–water partition coefficient (Wildman–Crippen LogP) is 1.94. The molecule has 1 heterocycles. The Morgan fingerprint density at radius 1 is 1.19 bits per heavy atom. The Balaban J connectivity index is 2.08. The maximum Gasteiger partial charge on any atom is 0.278 e. The number of aromatic nitrogens is 3. The van der Waals surface area contributed by atoms with E-state index < -0.39 is 11.9 Å². The lowest BCUT2D eigenvalue weighted by Crippen LogP contribution is -2.39. The van der Waals surface area contributed by atoms with Crippen LogP contribution < -0.4 is 16.0 Å². The van der Waals surface area contributed by atoms with Gasteiger partial charge >= 0.3 is 0 Å². The Morgan fingerprint density at radius 2 is 1.88 bits per heavy atom. The lowest BCUT2D eigenvalue weighted by molar-refractivity contribution is -0.122. The van der Waals surface area contributed by atoms with Crippen LogP contribution in [-0.2, 0) is 4.79 Å². The molecule has 0 spiro atoms. The van der Waals surface area contributed by atoms with Crippen molar-refractivity contribution in [2.45, 2.75) is 25.8 Å². The molecule has 3 rings (SSSR count). The zero-order chi connectivity index (χ0) is 18.8. The van der Waals surface area contributed by atoms with Crippen LogP contribution in [0.15, 0.2) is 47.3 Å². The summed E-state index contributed by atoms with van der Waals surface area (Å²) in [5, 5.41) is 8.47. The summed E-state index contributed by atoms with van der Waals surface area (Å²) in [5.74, 6) is -0.306. The third-order valence-electron chi connectivity index (χ3n) is 4.51. The van der Waals surface area contributed by atoms with Crippen molar-refractivity contribution in [3.05, 3.63) is 63.9 Å². The molecule has 7 heteroatoms. The zero-order valence-electron chi connectivity index (χ0n) is 14.8. The van der Waals surface area contributed by atoms with Gasteiger partial charge in [-0.15, -0.1) is 5.10 Å². The molecule has 0 saturated carbocycles. The molecule has 2 atom stereocenters. The highest BCUT2D eigenvalue weighted by Gasteiger charge is 2.29. The van der Waals surface area contributed by atoms with Crippen LogP contribution in [0.5, 0.6) is 5.75 Å². The number of hydrogen-bond acceptors (Lipinski definition) is 5. The Hall–Kier alpha value is -3.22. The van der Waals surface area contributed by atoms with Gasteiger partial charge in [0.05, 0.1) is 12.5 Å². The first-order chi connectivity index (χ1) is 12.4. The molecule has 1 amide bonds. The van der Waals surface area contributed by atoms with Crippen LogP contribution in [0.4, 0.5) is 0 Å². The highest BCUT2D eigenvalue weighted by Crippen LogP contribution is 2.28. The topological polar surface area (TPSA) is 100 Å². The quantitative estimate of drug-likeness (QED) is 0.756. The van der Waals surface area contributed by atoms with Crippen molar-refractivity contribution in [1.29, 1.82) is 0 Å². The minimum atomic E-state index is -0.950. The number of rotatable bonds is 5. The molecule has 134 valence electrons. The number of aryl methyl sites for hydroxylation is 1. The SMILES string of the molecule is COc1ccc(C(C)C(C(N)=O)n2nnc3cc(C)ccc3c2=O)cc1. The molecule has 0 saturated heterocycles. The van der Waals surface area contributed by atoms with Gasteiger partial charge in [0.2, 0.25) is 5.91 Å². The molecule has 0 radical (unpaired) electrons. The first-order valence-electron chi connectivity index (χ1n) is 8.21. The Labute approximate surface area is 150 Å². The van der Waals surface area contributed by atoms with Gasteiger partial charge < -0.3 is 10.5 Å². The van der Waals surface area contributed by atoms with Gasteiger partial charge in [-0.3, -0.25) is 9.59 Å². The number of carbonyl (C=O) groups excluding carboxylic acids is 1. The minimum absolute atomic E-state index is 0.367. The van der Waals surface area contributed by atoms with E-state index in [0.717, 1.165) is 15.8 Å². The van der Waals surface area contributed by atoms with Gasteiger partial charge in [0.1, 0.15) is 17.3 Å². The van der Waals surface area contributed by atoms with E-state index in [0.29, 0.717) is 16.7 Å². The monoisotopic (exact) mass is 352 g/mol. The van der Waals surface area contributed by atoms with Crippen molar-refractivity contribution in [2.24, 2.45) is 5.73 Å². The van der Waals surface area contributed by atoms with E-state index in [2.05, 4.69) is 10.3 Å². The number of ether oxygens (including phenoxy) is 1. The molecule has 0 aliphatic carbocycles. The maximum atomic E-state index is 12.9. The summed E-state index contributed by atoms with van der Waals surface area (Å²) in [6.45, 7) is 3.73. The van der Waals surface area contributed by atoms with Gasteiger partial charge in [-0.2, -0.15) is 4.68 Å². The summed E-state index contributed by atoms with van der Waals surface area (Å²) >= 11 is 0. The lowest BCUT2D eigenvalue weighted by Gasteiger charge is -2.22. The molecule has 2 unspecified atom stereocenters. The first kappa shape index (κ1) is 17.6. The fourth-order valence-electron chi connectivity index (χ4n) is 3.02. The average molecular weight is 352 g/mol. The van der Waals surface area contributed by atoms with E-state index in [9.17, 15) is 9.59 Å². The van der Waals surface area contributed by atoms with Crippen molar-refractivity contribution < 1.29 is 9.53 Å². The van der Waals surface area contributed by atoms with Crippen LogP contribution in [0, 0.1) is 6.92 Å². The molecule has 0 bridgehead atoms. The molecule has 1 aromatic heterocycles. The van der Waals surface area contributed by atoms with Crippen molar-refractivity contribution in [3.63, 3.8) is 0 Å². The highest BCUT2D eigenvalue weighted by molar-refractivity contribution is 5.81. The van der Waals surface area contributed by atoms with Gasteiger partial charge in [0.15, 0.2) is 0 Å². The number of fused-ring (bicyclic) bond motifs is 1. The summed E-state index contributed by atoms with van der Waals surface area (Å²) in [7, 11) is 1.58. The molecule has 2 N–H and O–H groups in total. The normalized spacial score (nSPS) is 13.3. The van der Waals surface area contributed by atoms with Gasteiger partial charge in [0, 0.05) is 5.92 Å². The smallest absolute Gasteiger partial charge is 0.278 e. The van der Waals surface area contributed by atoms with Crippen LogP contribution in [-0.4, -0.2) is 28.0 Å². The standard InChI is InChI=1S/C19H20N4O3/c1-11-4-9-15-16(10-11)21-22-23(19(15)25)17(18(20)24)12(2)13-5-7-14(26-3)8-6-13/h4-10,12,17H,1-3H3,(H2,20,24). The number of methoxy groups -OCH3 is 1. The summed E-state index contributed by atoms with van der Waals surface area (Å²) < 4.78 is 6.23. The summed E-state index contributed by atoms with van der Waals surface area (Å²) in [6, 6.07) is 11.6. The summed E-state index contributed by atoms with van der Waals surface area (Å²) in [4.78, 5) is 25.0. The maximum absolute atomic E-state index is 12.9. The van der Waals surface area contributed by atoms with Crippen LogP contribution in [0.1, 0.15) is 30.0 Å². The van der Waals surface area contributed by atoms with Crippen LogP contribution in [0.3, 0.4) is 0 Å². The van der Waals surface area contributed by atoms with Crippen molar-refractivity contribution in [2.75, 3.05) is 7.11 Å². The fraction of sp³-hybridized carbons (Fsp3) is 0.263. The van der Waals surface area contributed by atoms with E-state index in [1.807, 2.05) is 32.0 Å². The van der Waals surface area contributed by atoms with Crippen LogP contribution >= 0.6 is 0 Å². The van der Waals surface area contributed by atoms with Crippen LogP contribution in [0.2, 0.25) is 0 Å². The van der Waals surface area contributed by atoms with Crippen molar-refractivity contribution >= 4 is 16.8 Å². The Kier molecular flexibility index (Phi) is 4.71.